The molecule has 0 aliphatic rings. The van der Waals surface area contributed by atoms with Gasteiger partial charge >= 0.3 is 0 Å². The summed E-state index contributed by atoms with van der Waals surface area (Å²) >= 11 is 0. The fourth-order valence-electron chi connectivity index (χ4n) is 1.14. The Kier molecular flexibility index (Phi) is 3.46. The maximum Gasteiger partial charge on any atom is 0.0421 e. The first-order chi connectivity index (χ1) is 6.25. The Morgan fingerprint density at radius 2 is 2.38 bits per heavy atom. The Morgan fingerprint density at radius 1 is 1.62 bits per heavy atom. The van der Waals surface area contributed by atoms with Crippen molar-refractivity contribution in [3.05, 3.63) is 30.1 Å². The minimum absolute atomic E-state index is 0.664. The lowest BCUT2D eigenvalue weighted by atomic mass is 10.1. The third-order valence-electron chi connectivity index (χ3n) is 1.90. The number of nitrogen functional groups attached to an aromatic ring is 1. The van der Waals surface area contributed by atoms with Gasteiger partial charge in [-0.25, -0.2) is 0 Å². The fraction of sp³-hybridized carbons (Fsp3) is 0.300. The van der Waals surface area contributed by atoms with Crippen molar-refractivity contribution >= 4 is 11.3 Å². The summed E-state index contributed by atoms with van der Waals surface area (Å²) in [6, 6.07) is 1.80. The van der Waals surface area contributed by atoms with Crippen LogP contribution in [0, 0.1) is 0 Å². The number of nitrogens with zero attached hydrogens (tertiary/aromatic N) is 1. The van der Waals surface area contributed by atoms with E-state index in [0.717, 1.165) is 23.2 Å². The molecular formula is C10H15N3. The van der Waals surface area contributed by atoms with Gasteiger partial charge in [-0.1, -0.05) is 6.08 Å². The van der Waals surface area contributed by atoms with E-state index in [0.29, 0.717) is 6.54 Å². The van der Waals surface area contributed by atoms with Gasteiger partial charge in [0.1, 0.15) is 0 Å². The molecule has 0 atom stereocenters. The molecule has 0 spiro atoms. The van der Waals surface area contributed by atoms with E-state index < -0.39 is 0 Å². The van der Waals surface area contributed by atoms with Gasteiger partial charge in [-0.3, -0.25) is 4.98 Å². The number of nitrogens with two attached hydrogens (primary N) is 2. The average molecular weight is 177 g/mol. The summed E-state index contributed by atoms with van der Waals surface area (Å²) < 4.78 is 0. The molecule has 1 aromatic rings. The summed E-state index contributed by atoms with van der Waals surface area (Å²) in [5.41, 5.74) is 14.1. The first kappa shape index (κ1) is 9.74. The molecule has 0 aromatic carbocycles. The predicted molar refractivity (Wildman–Crippen MR) is 56.0 cm³/mol. The van der Waals surface area contributed by atoms with Crippen molar-refractivity contribution in [2.45, 2.75) is 13.3 Å². The Hall–Kier alpha value is -1.35. The first-order valence-corrected chi connectivity index (χ1v) is 4.32. The van der Waals surface area contributed by atoms with Crippen LogP contribution in [0.2, 0.25) is 0 Å². The SMILES string of the molecule is C/C(=C/CCN)c1cnccc1N. The lowest BCUT2D eigenvalue weighted by molar-refractivity contribution is 1.01. The van der Waals surface area contributed by atoms with Crippen LogP contribution in [0.1, 0.15) is 18.9 Å². The highest BCUT2D eigenvalue weighted by Crippen LogP contribution is 2.19. The van der Waals surface area contributed by atoms with E-state index in [-0.39, 0.29) is 0 Å². The topological polar surface area (TPSA) is 64.9 Å². The Bertz CT molecular complexity index is 305. The quantitative estimate of drug-likeness (QED) is 0.733. The van der Waals surface area contributed by atoms with E-state index in [2.05, 4.69) is 11.1 Å². The summed E-state index contributed by atoms with van der Waals surface area (Å²) in [5.74, 6) is 0. The number of hydrogen-bond donors (Lipinski definition) is 2. The molecule has 3 heteroatoms. The normalized spacial score (nSPS) is 11.7. The largest absolute Gasteiger partial charge is 0.398 e. The van der Waals surface area contributed by atoms with Gasteiger partial charge in [-0.05, 0) is 31.5 Å². The van der Waals surface area contributed by atoms with Crippen molar-refractivity contribution in [3.8, 4) is 0 Å². The number of hydrogen-bond acceptors (Lipinski definition) is 3. The van der Waals surface area contributed by atoms with Crippen LogP contribution in [-0.2, 0) is 0 Å². The second-order valence-electron chi connectivity index (χ2n) is 2.93. The second kappa shape index (κ2) is 4.62. The first-order valence-electron chi connectivity index (χ1n) is 4.32. The van der Waals surface area contributed by atoms with Gasteiger partial charge in [0.25, 0.3) is 0 Å². The third kappa shape index (κ3) is 2.56. The van der Waals surface area contributed by atoms with Crippen LogP contribution >= 0.6 is 0 Å². The second-order valence-corrected chi connectivity index (χ2v) is 2.93. The van der Waals surface area contributed by atoms with Crippen molar-refractivity contribution in [2.75, 3.05) is 12.3 Å². The van der Waals surface area contributed by atoms with Crippen LogP contribution < -0.4 is 11.5 Å². The van der Waals surface area contributed by atoms with Gasteiger partial charge in [0, 0.05) is 23.6 Å². The highest BCUT2D eigenvalue weighted by Gasteiger charge is 1.99. The number of allylic oxidation sites excluding steroid dienone is 1. The minimum Gasteiger partial charge on any atom is -0.398 e. The number of aromatic nitrogens is 1. The molecule has 0 amide bonds. The number of rotatable bonds is 3. The average Bonchev–Trinajstić information content (AvgIpc) is 2.15. The summed E-state index contributed by atoms with van der Waals surface area (Å²) in [6.07, 6.45) is 6.42. The molecule has 1 rings (SSSR count). The molecule has 0 aliphatic heterocycles. The third-order valence-corrected chi connectivity index (χ3v) is 1.90. The van der Waals surface area contributed by atoms with E-state index in [1.54, 1.807) is 18.5 Å². The molecule has 0 radical (unpaired) electrons. The van der Waals surface area contributed by atoms with E-state index in [9.17, 15) is 0 Å². The van der Waals surface area contributed by atoms with Crippen LogP contribution in [0.5, 0.6) is 0 Å². The Labute approximate surface area is 78.5 Å². The van der Waals surface area contributed by atoms with Gasteiger partial charge < -0.3 is 11.5 Å². The summed E-state index contributed by atoms with van der Waals surface area (Å²) in [5, 5.41) is 0. The molecule has 3 nitrogen and oxygen atoms in total. The molecule has 13 heavy (non-hydrogen) atoms. The standard InChI is InChI=1S/C10H15N3/c1-8(3-2-5-11)9-7-13-6-4-10(9)12/h3-4,6-7H,2,5,11H2,1H3,(H2,12,13)/b8-3-. The van der Waals surface area contributed by atoms with Crippen LogP contribution in [0.3, 0.4) is 0 Å². The molecule has 0 bridgehead atoms. The van der Waals surface area contributed by atoms with Gasteiger partial charge in [0.05, 0.1) is 0 Å². The van der Waals surface area contributed by atoms with Crippen molar-refractivity contribution < 1.29 is 0 Å². The van der Waals surface area contributed by atoms with Gasteiger partial charge in [-0.2, -0.15) is 0 Å². The van der Waals surface area contributed by atoms with Gasteiger partial charge in [-0.15, -0.1) is 0 Å². The minimum atomic E-state index is 0.664. The molecule has 70 valence electrons. The predicted octanol–water partition coefficient (Wildman–Crippen LogP) is 1.42. The summed E-state index contributed by atoms with van der Waals surface area (Å²) in [7, 11) is 0. The van der Waals surface area contributed by atoms with Gasteiger partial charge in [0.15, 0.2) is 0 Å². The summed E-state index contributed by atoms with van der Waals surface area (Å²) in [4.78, 5) is 4.02. The lowest BCUT2D eigenvalue weighted by Gasteiger charge is -2.04. The molecule has 0 saturated heterocycles. The van der Waals surface area contributed by atoms with E-state index >= 15 is 0 Å². The zero-order valence-electron chi connectivity index (χ0n) is 7.83. The zero-order chi connectivity index (χ0) is 9.68. The van der Waals surface area contributed by atoms with Crippen LogP contribution in [0.4, 0.5) is 5.69 Å². The van der Waals surface area contributed by atoms with Crippen LogP contribution in [0.25, 0.3) is 5.57 Å². The molecule has 0 saturated carbocycles. The van der Waals surface area contributed by atoms with E-state index in [1.165, 1.54) is 0 Å². The molecule has 4 N–H and O–H groups in total. The highest BCUT2D eigenvalue weighted by molar-refractivity contribution is 5.72. The zero-order valence-corrected chi connectivity index (χ0v) is 7.83. The van der Waals surface area contributed by atoms with E-state index in [4.69, 9.17) is 11.5 Å². The molecule has 0 fully saturated rings. The fourth-order valence-corrected chi connectivity index (χ4v) is 1.14. The maximum absolute atomic E-state index is 5.78. The van der Waals surface area contributed by atoms with Crippen molar-refractivity contribution in [1.82, 2.24) is 4.98 Å². The van der Waals surface area contributed by atoms with Crippen molar-refractivity contribution in [1.29, 1.82) is 0 Å². The molecule has 0 unspecified atom stereocenters. The summed E-state index contributed by atoms with van der Waals surface area (Å²) in [6.45, 7) is 2.68. The van der Waals surface area contributed by atoms with Gasteiger partial charge in [0.2, 0.25) is 0 Å². The Morgan fingerprint density at radius 3 is 3.00 bits per heavy atom. The van der Waals surface area contributed by atoms with Crippen molar-refractivity contribution in [2.24, 2.45) is 5.73 Å². The van der Waals surface area contributed by atoms with Crippen LogP contribution in [-0.4, -0.2) is 11.5 Å². The monoisotopic (exact) mass is 177 g/mol. The molecule has 1 heterocycles. The molecule has 1 aromatic heterocycles. The maximum atomic E-state index is 5.78. The van der Waals surface area contributed by atoms with Crippen molar-refractivity contribution in [3.63, 3.8) is 0 Å². The van der Waals surface area contributed by atoms with E-state index in [1.807, 2.05) is 6.92 Å². The Balaban J connectivity index is 2.88. The lowest BCUT2D eigenvalue weighted by Crippen LogP contribution is -1.97. The van der Waals surface area contributed by atoms with Crippen LogP contribution in [0.15, 0.2) is 24.5 Å². The molecular weight excluding hydrogens is 162 g/mol. The highest BCUT2D eigenvalue weighted by atomic mass is 14.7. The molecule has 0 aliphatic carbocycles. The smallest absolute Gasteiger partial charge is 0.0421 e. The number of pyridine rings is 1. The number of anilines is 1.